The zero-order chi connectivity index (χ0) is 15.2. The lowest BCUT2D eigenvalue weighted by Gasteiger charge is -2.20. The van der Waals surface area contributed by atoms with Crippen LogP contribution in [0.25, 0.3) is 0 Å². The van der Waals surface area contributed by atoms with E-state index in [1.807, 2.05) is 18.2 Å². The molecule has 1 fully saturated rings. The van der Waals surface area contributed by atoms with Crippen LogP contribution in [-0.4, -0.2) is 54.8 Å². The Morgan fingerprint density at radius 2 is 2.14 bits per heavy atom. The number of para-hydroxylation sites is 1. The second kappa shape index (κ2) is 7.08. The van der Waals surface area contributed by atoms with E-state index in [0.29, 0.717) is 5.75 Å². The lowest BCUT2D eigenvalue weighted by Crippen LogP contribution is -2.37. The van der Waals surface area contributed by atoms with Crippen molar-refractivity contribution in [3.05, 3.63) is 30.3 Å². The molecule has 1 aliphatic heterocycles. The average molecular weight is 293 g/mol. The number of amides is 1. The van der Waals surface area contributed by atoms with Gasteiger partial charge in [-0.05, 0) is 12.1 Å². The number of nitrogens with zero attached hydrogens (tertiary/aromatic N) is 1. The third-order valence-electron chi connectivity index (χ3n) is 3.37. The van der Waals surface area contributed by atoms with E-state index < -0.39 is 12.0 Å². The molecule has 0 spiro atoms. The number of benzene rings is 1. The van der Waals surface area contributed by atoms with Gasteiger partial charge < -0.3 is 19.5 Å². The Hall–Kier alpha value is -2.08. The van der Waals surface area contributed by atoms with E-state index in [9.17, 15) is 14.7 Å². The van der Waals surface area contributed by atoms with E-state index in [2.05, 4.69) is 4.74 Å². The van der Waals surface area contributed by atoms with Gasteiger partial charge in [0.15, 0.2) is 0 Å². The number of esters is 1. The number of rotatable bonds is 6. The van der Waals surface area contributed by atoms with Gasteiger partial charge in [0.1, 0.15) is 18.5 Å². The highest BCUT2D eigenvalue weighted by Crippen LogP contribution is 2.19. The Labute approximate surface area is 123 Å². The van der Waals surface area contributed by atoms with Gasteiger partial charge >= 0.3 is 5.97 Å². The van der Waals surface area contributed by atoms with Gasteiger partial charge in [0.25, 0.3) is 0 Å². The fourth-order valence-electron chi connectivity index (χ4n) is 2.29. The van der Waals surface area contributed by atoms with E-state index in [-0.39, 0.29) is 38.0 Å². The molecule has 1 saturated heterocycles. The Bertz CT molecular complexity index is 490. The van der Waals surface area contributed by atoms with Crippen molar-refractivity contribution in [1.82, 2.24) is 4.90 Å². The van der Waals surface area contributed by atoms with Gasteiger partial charge in [-0.1, -0.05) is 18.2 Å². The summed E-state index contributed by atoms with van der Waals surface area (Å²) in [5, 5.41) is 9.94. The first-order valence-corrected chi connectivity index (χ1v) is 6.81. The van der Waals surface area contributed by atoms with Crippen LogP contribution >= 0.6 is 0 Å². The molecule has 1 aromatic rings. The summed E-state index contributed by atoms with van der Waals surface area (Å²) >= 11 is 0. The van der Waals surface area contributed by atoms with E-state index in [1.165, 1.54) is 12.0 Å². The third kappa shape index (κ3) is 4.19. The highest BCUT2D eigenvalue weighted by Gasteiger charge is 2.35. The van der Waals surface area contributed by atoms with Crippen molar-refractivity contribution in [3.8, 4) is 5.75 Å². The number of aliphatic hydroxyl groups excluding tert-OH is 1. The maximum Gasteiger partial charge on any atom is 0.310 e. The molecule has 1 aliphatic rings. The van der Waals surface area contributed by atoms with E-state index >= 15 is 0 Å². The third-order valence-corrected chi connectivity index (χ3v) is 3.37. The Morgan fingerprint density at radius 3 is 2.81 bits per heavy atom. The van der Waals surface area contributed by atoms with Crippen molar-refractivity contribution < 1.29 is 24.2 Å². The monoisotopic (exact) mass is 293 g/mol. The van der Waals surface area contributed by atoms with Crippen molar-refractivity contribution in [1.29, 1.82) is 0 Å². The number of hydrogen-bond acceptors (Lipinski definition) is 5. The van der Waals surface area contributed by atoms with E-state index in [4.69, 9.17) is 4.74 Å². The quantitative estimate of drug-likeness (QED) is 0.771. The van der Waals surface area contributed by atoms with Gasteiger partial charge in [0, 0.05) is 19.5 Å². The lowest BCUT2D eigenvalue weighted by molar-refractivity contribution is -0.145. The summed E-state index contributed by atoms with van der Waals surface area (Å²) in [5.41, 5.74) is 0. The molecule has 1 aromatic carbocycles. The van der Waals surface area contributed by atoms with Crippen molar-refractivity contribution in [3.63, 3.8) is 0 Å². The summed E-state index contributed by atoms with van der Waals surface area (Å²) in [4.78, 5) is 24.7. The van der Waals surface area contributed by atoms with Crippen LogP contribution in [0.4, 0.5) is 0 Å². The second-order valence-electron chi connectivity index (χ2n) is 5.00. The minimum absolute atomic E-state index is 0.0939. The predicted octanol–water partition coefficient (Wildman–Crippen LogP) is 0.448. The number of hydrogen-bond donors (Lipinski definition) is 1. The molecule has 6 nitrogen and oxygen atoms in total. The van der Waals surface area contributed by atoms with Gasteiger partial charge in [0.2, 0.25) is 5.91 Å². The van der Waals surface area contributed by atoms with Crippen LogP contribution in [0.2, 0.25) is 0 Å². The molecular formula is C15H19NO5. The van der Waals surface area contributed by atoms with Crippen LogP contribution in [0.3, 0.4) is 0 Å². The zero-order valence-electron chi connectivity index (χ0n) is 11.9. The van der Waals surface area contributed by atoms with Crippen molar-refractivity contribution in [2.45, 2.75) is 12.5 Å². The Morgan fingerprint density at radius 1 is 1.43 bits per heavy atom. The standard InChI is InChI=1S/C15H19NO5/c1-20-15(19)11-7-14(18)16(8-11)9-12(17)10-21-13-5-3-2-4-6-13/h2-6,11-12,17H,7-10H2,1H3. The largest absolute Gasteiger partial charge is 0.491 e. The maximum atomic E-state index is 11.8. The number of carbonyl (C=O) groups is 2. The predicted molar refractivity (Wildman–Crippen MR) is 74.6 cm³/mol. The van der Waals surface area contributed by atoms with Crippen LogP contribution in [0.1, 0.15) is 6.42 Å². The van der Waals surface area contributed by atoms with Crippen molar-refractivity contribution in [2.75, 3.05) is 26.8 Å². The first-order valence-electron chi connectivity index (χ1n) is 6.81. The maximum absolute atomic E-state index is 11.8. The van der Waals surface area contributed by atoms with Crippen molar-refractivity contribution in [2.24, 2.45) is 5.92 Å². The SMILES string of the molecule is COC(=O)C1CC(=O)N(CC(O)COc2ccccc2)C1. The molecule has 6 heteroatoms. The summed E-state index contributed by atoms with van der Waals surface area (Å²) in [6.45, 7) is 0.531. The molecule has 0 saturated carbocycles. The normalized spacial score (nSPS) is 19.4. The highest BCUT2D eigenvalue weighted by molar-refractivity contribution is 5.86. The summed E-state index contributed by atoms with van der Waals surface area (Å²) in [5.74, 6) is -0.313. The molecule has 1 N–H and O–H groups in total. The Balaban J connectivity index is 1.79. The number of β-amino-alcohol motifs (C(OH)–C–C–N with tert-alkyl or cyclic N) is 1. The summed E-state index contributed by atoms with van der Waals surface area (Å²) < 4.78 is 10.1. The zero-order valence-corrected chi connectivity index (χ0v) is 11.9. The molecule has 2 unspecified atom stereocenters. The Kier molecular flexibility index (Phi) is 5.16. The minimum atomic E-state index is -0.800. The average Bonchev–Trinajstić information content (AvgIpc) is 2.86. The molecule has 114 valence electrons. The van der Waals surface area contributed by atoms with Crippen LogP contribution < -0.4 is 4.74 Å². The minimum Gasteiger partial charge on any atom is -0.491 e. The smallest absolute Gasteiger partial charge is 0.310 e. The summed E-state index contributed by atoms with van der Waals surface area (Å²) in [7, 11) is 1.30. The second-order valence-corrected chi connectivity index (χ2v) is 5.00. The molecule has 0 aromatic heterocycles. The molecule has 21 heavy (non-hydrogen) atoms. The van der Waals surface area contributed by atoms with Crippen LogP contribution in [0.15, 0.2) is 30.3 Å². The molecule has 0 radical (unpaired) electrons. The molecule has 1 heterocycles. The molecule has 1 amide bonds. The molecular weight excluding hydrogens is 274 g/mol. The van der Waals surface area contributed by atoms with Gasteiger partial charge in [-0.15, -0.1) is 0 Å². The first-order chi connectivity index (χ1) is 10.1. The number of methoxy groups -OCH3 is 1. The number of ether oxygens (including phenoxy) is 2. The van der Waals surface area contributed by atoms with Gasteiger partial charge in [-0.2, -0.15) is 0 Å². The fourth-order valence-corrected chi connectivity index (χ4v) is 2.29. The lowest BCUT2D eigenvalue weighted by atomic mass is 10.1. The van der Waals surface area contributed by atoms with E-state index in [0.717, 1.165) is 0 Å². The van der Waals surface area contributed by atoms with Crippen LogP contribution in [0, 0.1) is 5.92 Å². The summed E-state index contributed by atoms with van der Waals surface area (Å²) in [6, 6.07) is 9.14. The van der Waals surface area contributed by atoms with Gasteiger partial charge in [0.05, 0.1) is 13.0 Å². The van der Waals surface area contributed by atoms with Crippen LogP contribution in [-0.2, 0) is 14.3 Å². The molecule has 2 rings (SSSR count). The topological polar surface area (TPSA) is 76.1 Å². The van der Waals surface area contributed by atoms with Crippen LogP contribution in [0.5, 0.6) is 5.75 Å². The number of aliphatic hydroxyl groups is 1. The van der Waals surface area contributed by atoms with E-state index in [1.54, 1.807) is 12.1 Å². The molecule has 0 aliphatic carbocycles. The number of likely N-dealkylation sites (tertiary alicyclic amines) is 1. The first kappa shape index (κ1) is 15.3. The molecule has 0 bridgehead atoms. The van der Waals surface area contributed by atoms with Gasteiger partial charge in [-0.25, -0.2) is 0 Å². The number of carbonyl (C=O) groups excluding carboxylic acids is 2. The summed E-state index contributed by atoms with van der Waals surface area (Å²) in [6.07, 6.45) is -0.663. The van der Waals surface area contributed by atoms with Crippen molar-refractivity contribution >= 4 is 11.9 Å². The fraction of sp³-hybridized carbons (Fsp3) is 0.467. The highest BCUT2D eigenvalue weighted by atomic mass is 16.5. The van der Waals surface area contributed by atoms with Gasteiger partial charge in [-0.3, -0.25) is 9.59 Å². The molecule has 2 atom stereocenters.